The molecule has 0 N–H and O–H groups in total. The van der Waals surface area contributed by atoms with Crippen LogP contribution in [0.2, 0.25) is 0 Å². The van der Waals surface area contributed by atoms with Crippen molar-refractivity contribution in [3.05, 3.63) is 10.4 Å². The lowest BCUT2D eigenvalue weighted by atomic mass is 10.2. The van der Waals surface area contributed by atoms with Crippen LogP contribution >= 0.6 is 12.2 Å². The zero-order valence-corrected chi connectivity index (χ0v) is 12.2. The summed E-state index contributed by atoms with van der Waals surface area (Å²) in [6, 6.07) is 0. The SMILES string of the molecule is [N-]=[N+]=NCCCCN1CCN(CCCN=C=S)CC1. The van der Waals surface area contributed by atoms with Crippen molar-refractivity contribution in [1.29, 1.82) is 0 Å². The number of isothiocyanates is 1. The van der Waals surface area contributed by atoms with Gasteiger partial charge >= 0.3 is 0 Å². The van der Waals surface area contributed by atoms with Gasteiger partial charge in [-0.05, 0) is 43.6 Å². The van der Waals surface area contributed by atoms with E-state index in [4.69, 9.17) is 5.53 Å². The molecule has 1 heterocycles. The van der Waals surface area contributed by atoms with Gasteiger partial charge in [0.1, 0.15) is 0 Å². The minimum Gasteiger partial charge on any atom is -0.301 e. The van der Waals surface area contributed by atoms with E-state index in [1.165, 1.54) is 0 Å². The third-order valence-electron chi connectivity index (χ3n) is 3.32. The molecule has 0 aromatic rings. The molecule has 0 saturated carbocycles. The topological polar surface area (TPSA) is 67.6 Å². The van der Waals surface area contributed by atoms with Crippen LogP contribution in [-0.4, -0.2) is 67.3 Å². The molecule has 0 aromatic heterocycles. The van der Waals surface area contributed by atoms with E-state index >= 15 is 0 Å². The van der Waals surface area contributed by atoms with Crippen LogP contribution in [0.1, 0.15) is 19.3 Å². The lowest BCUT2D eigenvalue weighted by molar-refractivity contribution is 0.130. The number of unbranched alkanes of at least 4 members (excludes halogenated alkanes) is 1. The highest BCUT2D eigenvalue weighted by Gasteiger charge is 2.15. The summed E-state index contributed by atoms with van der Waals surface area (Å²) in [4.78, 5) is 11.7. The van der Waals surface area contributed by atoms with Gasteiger partial charge in [0, 0.05) is 44.2 Å². The fourth-order valence-corrected chi connectivity index (χ4v) is 2.31. The number of thiocarbonyl (C=S) groups is 1. The third-order valence-corrected chi connectivity index (χ3v) is 3.45. The Kier molecular flexibility index (Phi) is 9.23. The van der Waals surface area contributed by atoms with Crippen molar-refractivity contribution in [3.63, 3.8) is 0 Å². The first-order chi connectivity index (χ1) is 9.36. The van der Waals surface area contributed by atoms with E-state index in [2.05, 4.69) is 42.2 Å². The van der Waals surface area contributed by atoms with Crippen molar-refractivity contribution in [2.75, 3.05) is 52.4 Å². The maximum absolute atomic E-state index is 8.17. The fraction of sp³-hybridized carbons (Fsp3) is 0.917. The monoisotopic (exact) mass is 282 g/mol. The lowest BCUT2D eigenvalue weighted by Crippen LogP contribution is -2.46. The first kappa shape index (κ1) is 16.1. The van der Waals surface area contributed by atoms with Gasteiger partial charge in [0.15, 0.2) is 0 Å². The first-order valence-corrected chi connectivity index (χ1v) is 7.27. The summed E-state index contributed by atoms with van der Waals surface area (Å²) in [6.07, 6.45) is 3.16. The molecule has 1 fully saturated rings. The molecule has 0 atom stereocenters. The Morgan fingerprint density at radius 1 is 1.00 bits per heavy atom. The molecule has 0 aromatic carbocycles. The van der Waals surface area contributed by atoms with E-state index in [1.54, 1.807) is 0 Å². The van der Waals surface area contributed by atoms with Crippen molar-refractivity contribution < 1.29 is 0 Å². The van der Waals surface area contributed by atoms with Crippen molar-refractivity contribution >= 4 is 17.4 Å². The zero-order chi connectivity index (χ0) is 13.8. The molecule has 6 nitrogen and oxygen atoms in total. The highest BCUT2D eigenvalue weighted by Crippen LogP contribution is 2.04. The molecule has 0 bridgehead atoms. The highest BCUT2D eigenvalue weighted by atomic mass is 32.1. The summed E-state index contributed by atoms with van der Waals surface area (Å²) in [5.41, 5.74) is 8.17. The molecular formula is C12H22N6S. The number of piperazine rings is 1. The summed E-state index contributed by atoms with van der Waals surface area (Å²) in [5.74, 6) is 0. The fourth-order valence-electron chi connectivity index (χ4n) is 2.22. The minimum atomic E-state index is 0.622. The number of nitrogens with zero attached hydrogens (tertiary/aromatic N) is 6. The minimum absolute atomic E-state index is 0.622. The average molecular weight is 282 g/mol. The molecule has 106 valence electrons. The van der Waals surface area contributed by atoms with Gasteiger partial charge in [-0.25, -0.2) is 4.99 Å². The largest absolute Gasteiger partial charge is 0.301 e. The molecule has 1 rings (SSSR count). The molecule has 0 aliphatic carbocycles. The normalized spacial score (nSPS) is 16.6. The maximum Gasteiger partial charge on any atom is 0.0584 e. The Morgan fingerprint density at radius 2 is 1.63 bits per heavy atom. The van der Waals surface area contributed by atoms with Crippen LogP contribution in [0, 0.1) is 0 Å². The maximum atomic E-state index is 8.17. The van der Waals surface area contributed by atoms with E-state index in [-0.39, 0.29) is 0 Å². The summed E-state index contributed by atoms with van der Waals surface area (Å²) in [6.45, 7) is 8.18. The second-order valence-electron chi connectivity index (χ2n) is 4.67. The van der Waals surface area contributed by atoms with E-state index in [1.807, 2.05) is 0 Å². The smallest absolute Gasteiger partial charge is 0.0584 e. The van der Waals surface area contributed by atoms with Crippen LogP contribution in [0.25, 0.3) is 10.4 Å². The Labute approximate surface area is 120 Å². The predicted octanol–water partition coefficient (Wildman–Crippen LogP) is 2.19. The lowest BCUT2D eigenvalue weighted by Gasteiger charge is -2.34. The zero-order valence-electron chi connectivity index (χ0n) is 11.4. The second-order valence-corrected chi connectivity index (χ2v) is 4.85. The van der Waals surface area contributed by atoms with Crippen molar-refractivity contribution in [1.82, 2.24) is 9.80 Å². The Hall–Kier alpha value is -0.970. The number of hydrogen-bond donors (Lipinski definition) is 0. The molecule has 0 amide bonds. The first-order valence-electron chi connectivity index (χ1n) is 6.86. The van der Waals surface area contributed by atoms with Gasteiger partial charge in [-0.1, -0.05) is 5.11 Å². The molecule has 1 aliphatic heterocycles. The quantitative estimate of drug-likeness (QED) is 0.163. The van der Waals surface area contributed by atoms with Gasteiger partial charge in [0.2, 0.25) is 0 Å². The van der Waals surface area contributed by atoms with Crippen LogP contribution in [0.5, 0.6) is 0 Å². The molecule has 1 aliphatic rings. The van der Waals surface area contributed by atoms with Crippen LogP contribution < -0.4 is 0 Å². The summed E-state index contributed by atoms with van der Waals surface area (Å²) in [7, 11) is 0. The van der Waals surface area contributed by atoms with Crippen molar-refractivity contribution in [2.45, 2.75) is 19.3 Å². The molecular weight excluding hydrogens is 260 g/mol. The summed E-state index contributed by atoms with van der Waals surface area (Å²) in [5, 5.41) is 5.95. The highest BCUT2D eigenvalue weighted by molar-refractivity contribution is 7.78. The van der Waals surface area contributed by atoms with E-state index in [0.717, 1.165) is 65.1 Å². The van der Waals surface area contributed by atoms with Crippen LogP contribution in [0.3, 0.4) is 0 Å². The summed E-state index contributed by atoms with van der Waals surface area (Å²) < 4.78 is 0. The Balaban J connectivity index is 2.01. The van der Waals surface area contributed by atoms with Crippen LogP contribution in [0.15, 0.2) is 10.1 Å². The van der Waals surface area contributed by atoms with Gasteiger partial charge in [-0.15, -0.1) is 0 Å². The number of aliphatic imine (C=N–C) groups is 1. The van der Waals surface area contributed by atoms with Gasteiger partial charge < -0.3 is 9.80 Å². The van der Waals surface area contributed by atoms with Crippen LogP contribution in [0.4, 0.5) is 0 Å². The van der Waals surface area contributed by atoms with Gasteiger partial charge in [-0.3, -0.25) is 0 Å². The van der Waals surface area contributed by atoms with Gasteiger partial charge in [-0.2, -0.15) is 0 Å². The Bertz CT molecular complexity index is 327. The second kappa shape index (κ2) is 10.9. The van der Waals surface area contributed by atoms with E-state index in [9.17, 15) is 0 Å². The third kappa shape index (κ3) is 7.93. The summed E-state index contributed by atoms with van der Waals surface area (Å²) >= 11 is 4.54. The van der Waals surface area contributed by atoms with Crippen LogP contribution in [-0.2, 0) is 0 Å². The van der Waals surface area contributed by atoms with Crippen molar-refractivity contribution in [3.8, 4) is 0 Å². The van der Waals surface area contributed by atoms with Crippen molar-refractivity contribution in [2.24, 2.45) is 10.1 Å². The molecule has 0 spiro atoms. The van der Waals surface area contributed by atoms with E-state index in [0.29, 0.717) is 6.54 Å². The standard InChI is InChI=1S/C12H22N6S/c13-16-15-5-1-2-6-17-8-10-18(11-9-17)7-3-4-14-12-19/h1-11H2. The molecule has 19 heavy (non-hydrogen) atoms. The molecule has 7 heteroatoms. The van der Waals surface area contributed by atoms with Gasteiger partial charge in [0.05, 0.1) is 11.7 Å². The molecule has 0 unspecified atom stereocenters. The average Bonchev–Trinajstić information content (AvgIpc) is 2.45. The van der Waals surface area contributed by atoms with Gasteiger partial charge in [0.25, 0.3) is 0 Å². The molecule has 0 radical (unpaired) electrons. The number of rotatable bonds is 9. The Morgan fingerprint density at radius 3 is 2.21 bits per heavy atom. The molecule has 1 saturated heterocycles. The number of hydrogen-bond acceptors (Lipinski definition) is 5. The number of azide groups is 1. The predicted molar refractivity (Wildman–Crippen MR) is 80.6 cm³/mol. The van der Waals surface area contributed by atoms with E-state index < -0.39 is 0 Å².